The Balaban J connectivity index is 2.10. The predicted octanol–water partition coefficient (Wildman–Crippen LogP) is 1.38. The minimum absolute atomic E-state index is 0.00966. The number of aromatic amines is 1. The molecule has 6 nitrogen and oxygen atoms in total. The lowest BCUT2D eigenvalue weighted by Gasteiger charge is -2.08. The van der Waals surface area contributed by atoms with E-state index in [1.165, 1.54) is 6.33 Å². The van der Waals surface area contributed by atoms with Crippen molar-refractivity contribution >= 4 is 11.2 Å². The van der Waals surface area contributed by atoms with Gasteiger partial charge in [-0.3, -0.25) is 4.79 Å². The molecule has 0 aliphatic carbocycles. The first-order chi connectivity index (χ1) is 9.56. The lowest BCUT2D eigenvalue weighted by atomic mass is 10.3. The molecule has 1 N–H and O–H groups in total. The number of nitrogens with zero attached hydrogens (tertiary/aromatic N) is 3. The summed E-state index contributed by atoms with van der Waals surface area (Å²) in [6, 6.07) is 0.872. The fourth-order valence-electron chi connectivity index (χ4n) is 1.59. The van der Waals surface area contributed by atoms with E-state index >= 15 is 0 Å². The normalized spacial score (nSPS) is 10.9. The van der Waals surface area contributed by atoms with E-state index in [1.807, 2.05) is 0 Å². The minimum Gasteiger partial charge on any atom is -0.364 e. The molecule has 0 saturated carbocycles. The molecular formula is C11H5F3N4O2. The Morgan fingerprint density at radius 1 is 1.15 bits per heavy atom. The molecule has 0 aliphatic heterocycles. The van der Waals surface area contributed by atoms with Gasteiger partial charge in [0.05, 0.1) is 6.33 Å². The number of halogens is 3. The van der Waals surface area contributed by atoms with Crippen molar-refractivity contribution in [2.75, 3.05) is 0 Å². The van der Waals surface area contributed by atoms with Crippen LogP contribution in [0.25, 0.3) is 11.2 Å². The van der Waals surface area contributed by atoms with Crippen LogP contribution in [0.15, 0.2) is 29.6 Å². The van der Waals surface area contributed by atoms with Crippen molar-refractivity contribution in [2.45, 2.75) is 0 Å². The van der Waals surface area contributed by atoms with Gasteiger partial charge in [0, 0.05) is 12.1 Å². The van der Waals surface area contributed by atoms with Crippen LogP contribution in [-0.4, -0.2) is 19.7 Å². The van der Waals surface area contributed by atoms with Crippen molar-refractivity contribution in [1.82, 2.24) is 19.7 Å². The summed E-state index contributed by atoms with van der Waals surface area (Å²) in [4.78, 5) is 26.7. The van der Waals surface area contributed by atoms with Crippen LogP contribution in [0.1, 0.15) is 0 Å². The summed E-state index contributed by atoms with van der Waals surface area (Å²) < 4.78 is 40.1. The van der Waals surface area contributed by atoms with E-state index in [2.05, 4.69) is 15.0 Å². The van der Waals surface area contributed by atoms with Gasteiger partial charge in [0.15, 0.2) is 22.8 Å². The standard InChI is InChI=1S/C11H5F3N4O2/c12-5-1-6(13)9(7(14)2-5)20-18-4-17-10-8(11(18)19)15-3-16-10/h1-4H,(H,15,16). The van der Waals surface area contributed by atoms with Crippen molar-refractivity contribution in [3.63, 3.8) is 0 Å². The topological polar surface area (TPSA) is 72.8 Å². The largest absolute Gasteiger partial charge is 0.364 e. The summed E-state index contributed by atoms with van der Waals surface area (Å²) in [6.45, 7) is 0. The Bertz CT molecular complexity index is 835. The Kier molecular flexibility index (Phi) is 2.67. The smallest absolute Gasteiger partial charge is 0.312 e. The van der Waals surface area contributed by atoms with Gasteiger partial charge in [-0.25, -0.2) is 23.1 Å². The van der Waals surface area contributed by atoms with E-state index < -0.39 is 28.8 Å². The molecule has 0 unspecified atom stereocenters. The van der Waals surface area contributed by atoms with Gasteiger partial charge >= 0.3 is 5.56 Å². The van der Waals surface area contributed by atoms with Gasteiger partial charge in [0.2, 0.25) is 5.75 Å². The Morgan fingerprint density at radius 2 is 1.85 bits per heavy atom. The van der Waals surface area contributed by atoms with Gasteiger partial charge in [-0.15, -0.1) is 4.73 Å². The monoisotopic (exact) mass is 282 g/mol. The molecule has 0 amide bonds. The molecule has 0 aliphatic rings. The third-order valence-corrected chi connectivity index (χ3v) is 2.47. The maximum absolute atomic E-state index is 13.4. The first-order valence-corrected chi connectivity index (χ1v) is 5.30. The highest BCUT2D eigenvalue weighted by Gasteiger charge is 2.16. The molecule has 0 atom stereocenters. The van der Waals surface area contributed by atoms with Gasteiger partial charge in [0.25, 0.3) is 0 Å². The number of imidazole rings is 1. The molecule has 3 rings (SSSR count). The second-order valence-electron chi connectivity index (χ2n) is 3.77. The van der Waals surface area contributed by atoms with Crippen molar-refractivity contribution in [3.05, 3.63) is 52.6 Å². The number of nitrogens with one attached hydrogen (secondary N) is 1. The first-order valence-electron chi connectivity index (χ1n) is 5.30. The summed E-state index contributed by atoms with van der Waals surface area (Å²) in [5.41, 5.74) is -0.596. The molecular weight excluding hydrogens is 277 g/mol. The van der Waals surface area contributed by atoms with Crippen molar-refractivity contribution < 1.29 is 18.0 Å². The van der Waals surface area contributed by atoms with E-state index in [1.54, 1.807) is 0 Å². The van der Waals surface area contributed by atoms with E-state index in [0.29, 0.717) is 16.9 Å². The van der Waals surface area contributed by atoms with E-state index in [4.69, 9.17) is 4.84 Å². The minimum atomic E-state index is -1.28. The summed E-state index contributed by atoms with van der Waals surface area (Å²) >= 11 is 0. The number of hydrogen-bond acceptors (Lipinski definition) is 4. The molecule has 0 radical (unpaired) electrons. The number of benzene rings is 1. The third-order valence-electron chi connectivity index (χ3n) is 2.47. The van der Waals surface area contributed by atoms with Gasteiger partial charge in [-0.2, -0.15) is 0 Å². The number of aromatic nitrogens is 4. The molecule has 20 heavy (non-hydrogen) atoms. The lowest BCUT2D eigenvalue weighted by Crippen LogP contribution is -2.25. The maximum atomic E-state index is 13.4. The third kappa shape index (κ3) is 1.88. The molecule has 1 aromatic carbocycles. The van der Waals surface area contributed by atoms with Crippen LogP contribution in [0.3, 0.4) is 0 Å². The first kappa shape index (κ1) is 12.2. The van der Waals surface area contributed by atoms with E-state index in [0.717, 1.165) is 6.33 Å². The zero-order valence-electron chi connectivity index (χ0n) is 9.60. The zero-order valence-corrected chi connectivity index (χ0v) is 9.60. The highest BCUT2D eigenvalue weighted by atomic mass is 19.1. The van der Waals surface area contributed by atoms with Crippen LogP contribution in [0.2, 0.25) is 0 Å². The van der Waals surface area contributed by atoms with Crippen LogP contribution in [0.5, 0.6) is 5.75 Å². The van der Waals surface area contributed by atoms with Gasteiger partial charge in [0.1, 0.15) is 12.1 Å². The van der Waals surface area contributed by atoms with Crippen LogP contribution in [-0.2, 0) is 0 Å². The lowest BCUT2D eigenvalue weighted by molar-refractivity contribution is 0.182. The number of H-pyrrole nitrogens is 1. The van der Waals surface area contributed by atoms with Crippen molar-refractivity contribution in [2.24, 2.45) is 0 Å². The van der Waals surface area contributed by atoms with Gasteiger partial charge < -0.3 is 9.82 Å². The SMILES string of the molecule is O=c1c2[nH]cnc2ncn1Oc1c(F)cc(F)cc1F. The van der Waals surface area contributed by atoms with Crippen molar-refractivity contribution in [1.29, 1.82) is 0 Å². The van der Waals surface area contributed by atoms with Gasteiger partial charge in [-0.1, -0.05) is 0 Å². The van der Waals surface area contributed by atoms with E-state index in [9.17, 15) is 18.0 Å². The van der Waals surface area contributed by atoms with Crippen molar-refractivity contribution in [3.8, 4) is 5.75 Å². The zero-order chi connectivity index (χ0) is 14.3. The predicted molar refractivity (Wildman–Crippen MR) is 60.5 cm³/mol. The van der Waals surface area contributed by atoms with Gasteiger partial charge in [-0.05, 0) is 0 Å². The van der Waals surface area contributed by atoms with E-state index in [-0.39, 0.29) is 11.2 Å². The average Bonchev–Trinajstić information content (AvgIpc) is 2.85. The fourth-order valence-corrected chi connectivity index (χ4v) is 1.59. The summed E-state index contributed by atoms with van der Waals surface area (Å²) in [5.74, 6) is -4.56. The molecule has 0 bridgehead atoms. The Labute approximate surface area is 108 Å². The number of fused-ring (bicyclic) bond motifs is 1. The fraction of sp³-hybridized carbons (Fsp3) is 0. The summed E-state index contributed by atoms with van der Waals surface area (Å²) in [7, 11) is 0. The molecule has 0 fully saturated rings. The van der Waals surface area contributed by atoms with Crippen LogP contribution >= 0.6 is 0 Å². The van der Waals surface area contributed by atoms with Crippen LogP contribution in [0.4, 0.5) is 13.2 Å². The second kappa shape index (κ2) is 4.37. The Hall–Kier alpha value is -2.84. The average molecular weight is 282 g/mol. The second-order valence-corrected chi connectivity index (χ2v) is 3.77. The maximum Gasteiger partial charge on any atom is 0.312 e. The molecule has 0 spiro atoms. The molecule has 3 aromatic rings. The summed E-state index contributed by atoms with van der Waals surface area (Å²) in [6.07, 6.45) is 2.15. The quantitative estimate of drug-likeness (QED) is 0.770. The Morgan fingerprint density at radius 3 is 2.55 bits per heavy atom. The highest BCUT2D eigenvalue weighted by molar-refractivity contribution is 5.67. The van der Waals surface area contributed by atoms with Crippen LogP contribution < -0.4 is 10.4 Å². The summed E-state index contributed by atoms with van der Waals surface area (Å²) in [5, 5.41) is 0. The molecule has 2 aromatic heterocycles. The molecule has 0 saturated heterocycles. The number of rotatable bonds is 2. The number of hydrogen-bond donors (Lipinski definition) is 1. The molecule has 9 heteroatoms. The van der Waals surface area contributed by atoms with Crippen LogP contribution in [0, 0.1) is 17.5 Å². The molecule has 102 valence electrons. The molecule has 2 heterocycles. The highest BCUT2D eigenvalue weighted by Crippen LogP contribution is 2.22.